The largest absolute Gasteiger partial charge is 0.479 e. The number of amides is 1. The molecule has 0 saturated carbocycles. The van der Waals surface area contributed by atoms with Gasteiger partial charge < -0.3 is 14.3 Å². The average Bonchev–Trinajstić information content (AvgIpc) is 3.17. The number of hydrogen-bond acceptors (Lipinski definition) is 6. The fraction of sp³-hybridized carbons (Fsp3) is 0.360. The van der Waals surface area contributed by atoms with Crippen molar-refractivity contribution in [2.24, 2.45) is 0 Å². The summed E-state index contributed by atoms with van der Waals surface area (Å²) in [5.74, 6) is -0.929. The zero-order valence-corrected chi connectivity index (χ0v) is 21.4. The summed E-state index contributed by atoms with van der Waals surface area (Å²) >= 11 is 6.47. The molecule has 0 spiro atoms. The van der Waals surface area contributed by atoms with Crippen molar-refractivity contribution in [3.8, 4) is 0 Å². The molecule has 1 aliphatic heterocycles. The molecule has 1 N–H and O–H groups in total. The Labute approximate surface area is 208 Å². The fourth-order valence-corrected chi connectivity index (χ4v) is 6.20. The first kappa shape index (κ1) is 25.1. The minimum atomic E-state index is -3.95. The topological polar surface area (TPSA) is 114 Å². The lowest BCUT2D eigenvalue weighted by Crippen LogP contribution is -2.58. The monoisotopic (exact) mass is 519 g/mol. The predicted molar refractivity (Wildman–Crippen MR) is 129 cm³/mol. The number of rotatable bonds is 4. The molecule has 0 radical (unpaired) electrons. The zero-order valence-electron chi connectivity index (χ0n) is 19.8. The number of fused-ring (bicyclic) bond motifs is 3. The molecule has 2 aromatic carbocycles. The molecular formula is C25H26ClNO7S. The summed E-state index contributed by atoms with van der Waals surface area (Å²) in [4.78, 5) is 27.1. The molecule has 35 heavy (non-hydrogen) atoms. The molecule has 4 rings (SSSR count). The van der Waals surface area contributed by atoms with Crippen molar-refractivity contribution in [3.63, 3.8) is 0 Å². The van der Waals surface area contributed by atoms with E-state index in [2.05, 4.69) is 0 Å². The van der Waals surface area contributed by atoms with Crippen molar-refractivity contribution in [1.29, 1.82) is 0 Å². The number of halogens is 1. The number of carbonyl (C=O) groups is 2. The molecule has 0 aliphatic carbocycles. The summed E-state index contributed by atoms with van der Waals surface area (Å²) in [5, 5.41) is 10.7. The number of carboxylic acid groups (broad SMARTS) is 1. The van der Waals surface area contributed by atoms with E-state index in [1.807, 2.05) is 0 Å². The maximum atomic E-state index is 13.3. The number of aliphatic carboxylic acids is 1. The van der Waals surface area contributed by atoms with Gasteiger partial charge in [0.15, 0.2) is 11.1 Å². The van der Waals surface area contributed by atoms with E-state index in [0.717, 1.165) is 0 Å². The lowest BCUT2D eigenvalue weighted by Gasteiger charge is -2.43. The summed E-state index contributed by atoms with van der Waals surface area (Å²) in [6, 6.07) is 10.5. The van der Waals surface area contributed by atoms with Crippen LogP contribution in [-0.4, -0.2) is 42.6 Å². The van der Waals surface area contributed by atoms with Gasteiger partial charge in [-0.25, -0.2) is 18.0 Å². The highest BCUT2D eigenvalue weighted by molar-refractivity contribution is 7.91. The van der Waals surface area contributed by atoms with Gasteiger partial charge in [-0.2, -0.15) is 0 Å². The number of benzene rings is 2. The van der Waals surface area contributed by atoms with Crippen LogP contribution in [0.2, 0.25) is 5.02 Å². The lowest BCUT2D eigenvalue weighted by molar-refractivity contribution is -0.153. The van der Waals surface area contributed by atoms with Crippen LogP contribution in [0.3, 0.4) is 0 Å². The second-order valence-corrected chi connectivity index (χ2v) is 11.8. The van der Waals surface area contributed by atoms with Gasteiger partial charge in [-0.3, -0.25) is 4.90 Å². The molecule has 3 aromatic rings. The average molecular weight is 520 g/mol. The number of sulfone groups is 1. The maximum Gasteiger partial charge on any atom is 0.411 e. The van der Waals surface area contributed by atoms with E-state index in [1.54, 1.807) is 45.9 Å². The van der Waals surface area contributed by atoms with Gasteiger partial charge in [0.2, 0.25) is 9.84 Å². The molecule has 1 amide bonds. The highest BCUT2D eigenvalue weighted by atomic mass is 35.5. The van der Waals surface area contributed by atoms with Gasteiger partial charge in [-0.1, -0.05) is 36.7 Å². The third-order valence-electron chi connectivity index (χ3n) is 6.07. The fourth-order valence-electron chi connectivity index (χ4n) is 4.55. The Morgan fingerprint density at radius 2 is 1.83 bits per heavy atom. The van der Waals surface area contributed by atoms with Crippen LogP contribution in [0.5, 0.6) is 0 Å². The second-order valence-electron chi connectivity index (χ2n) is 9.40. The van der Waals surface area contributed by atoms with Gasteiger partial charge in [-0.15, -0.1) is 0 Å². The Hall–Kier alpha value is -3.04. The molecule has 0 fully saturated rings. The molecule has 0 bridgehead atoms. The lowest BCUT2D eigenvalue weighted by atomic mass is 9.80. The Morgan fingerprint density at radius 3 is 2.40 bits per heavy atom. The van der Waals surface area contributed by atoms with Crippen LogP contribution in [-0.2, 0) is 31.3 Å². The van der Waals surface area contributed by atoms with Crippen molar-refractivity contribution >= 4 is 44.5 Å². The van der Waals surface area contributed by atoms with Crippen molar-refractivity contribution < 1.29 is 32.3 Å². The SMILES string of the molecule is CCC1(C(=O)O)c2c(oc3c(Cl)cc(S(=O)(=O)c4ccccc4)cc23)CCN1C(=O)OC(C)(C)C. The van der Waals surface area contributed by atoms with Crippen LogP contribution < -0.4 is 0 Å². The normalized spacial score (nSPS) is 18.4. The summed E-state index contributed by atoms with van der Waals surface area (Å²) < 4.78 is 38.1. The third kappa shape index (κ3) is 4.06. The van der Waals surface area contributed by atoms with Crippen molar-refractivity contribution in [3.05, 3.63) is 58.8 Å². The van der Waals surface area contributed by atoms with E-state index in [-0.39, 0.29) is 50.7 Å². The van der Waals surface area contributed by atoms with Crippen molar-refractivity contribution in [2.45, 2.75) is 61.5 Å². The molecule has 0 saturated heterocycles. The van der Waals surface area contributed by atoms with E-state index in [9.17, 15) is 23.1 Å². The number of nitrogens with zero attached hydrogens (tertiary/aromatic N) is 1. The van der Waals surface area contributed by atoms with Crippen LogP contribution in [0.25, 0.3) is 11.0 Å². The molecule has 1 aliphatic rings. The minimum absolute atomic E-state index is 0.00348. The molecule has 8 nitrogen and oxygen atoms in total. The number of carboxylic acids is 1. The van der Waals surface area contributed by atoms with Gasteiger partial charge in [0.05, 0.1) is 14.8 Å². The zero-order chi connectivity index (χ0) is 25.8. The van der Waals surface area contributed by atoms with E-state index < -0.39 is 33.0 Å². The molecule has 2 heterocycles. The molecular weight excluding hydrogens is 494 g/mol. The predicted octanol–water partition coefficient (Wildman–Crippen LogP) is 5.40. The van der Waals surface area contributed by atoms with E-state index in [0.29, 0.717) is 5.76 Å². The number of carbonyl (C=O) groups excluding carboxylic acids is 1. The standard InChI is InChI=1S/C25H26ClNO7S/c1-5-25(22(28)29)20-17-13-16(35(31,32)15-9-7-6-8-10-15)14-18(26)21(17)33-19(20)11-12-27(25)23(30)34-24(2,3)4/h6-10,13-14H,5,11-12H2,1-4H3,(H,28,29). The molecule has 10 heteroatoms. The Bertz CT molecular complexity index is 1420. The van der Waals surface area contributed by atoms with Crippen molar-refractivity contribution in [2.75, 3.05) is 6.54 Å². The van der Waals surface area contributed by atoms with E-state index in [4.69, 9.17) is 20.8 Å². The molecule has 1 atom stereocenters. The minimum Gasteiger partial charge on any atom is -0.479 e. The van der Waals surface area contributed by atoms with E-state index >= 15 is 0 Å². The number of furan rings is 1. The molecule has 186 valence electrons. The Balaban J connectivity index is 1.98. The third-order valence-corrected chi connectivity index (χ3v) is 8.10. The van der Waals surface area contributed by atoms with Gasteiger partial charge in [0, 0.05) is 23.9 Å². The van der Waals surface area contributed by atoms with Crippen LogP contribution in [0, 0.1) is 0 Å². The second kappa shape index (κ2) is 8.57. The first-order valence-electron chi connectivity index (χ1n) is 11.1. The molecule has 1 unspecified atom stereocenters. The van der Waals surface area contributed by atoms with Gasteiger partial charge in [0.25, 0.3) is 0 Å². The smallest absolute Gasteiger partial charge is 0.411 e. The Morgan fingerprint density at radius 1 is 1.17 bits per heavy atom. The highest BCUT2D eigenvalue weighted by Crippen LogP contribution is 2.47. The van der Waals surface area contributed by atoms with Gasteiger partial charge >= 0.3 is 12.1 Å². The van der Waals surface area contributed by atoms with Gasteiger partial charge in [-0.05, 0) is 51.5 Å². The Kier molecular flexibility index (Phi) is 6.13. The summed E-state index contributed by atoms with van der Waals surface area (Å²) in [6.45, 7) is 6.79. The maximum absolute atomic E-state index is 13.3. The van der Waals surface area contributed by atoms with Crippen LogP contribution in [0.1, 0.15) is 45.4 Å². The first-order chi connectivity index (χ1) is 16.3. The summed E-state index contributed by atoms with van der Waals surface area (Å²) in [7, 11) is -3.95. The first-order valence-corrected chi connectivity index (χ1v) is 13.0. The quantitative estimate of drug-likeness (QED) is 0.490. The number of hydrogen-bond donors (Lipinski definition) is 1. The van der Waals surface area contributed by atoms with Crippen LogP contribution in [0.15, 0.2) is 56.7 Å². The number of ether oxygens (including phenoxy) is 1. The summed E-state index contributed by atoms with van der Waals surface area (Å²) in [6.07, 6.45) is -0.563. The van der Waals surface area contributed by atoms with Crippen LogP contribution >= 0.6 is 11.6 Å². The summed E-state index contributed by atoms with van der Waals surface area (Å²) in [5.41, 5.74) is -2.28. The van der Waals surface area contributed by atoms with Gasteiger partial charge in [0.1, 0.15) is 11.4 Å². The van der Waals surface area contributed by atoms with E-state index in [1.165, 1.54) is 29.2 Å². The van der Waals surface area contributed by atoms with Crippen molar-refractivity contribution in [1.82, 2.24) is 4.90 Å². The highest BCUT2D eigenvalue weighted by Gasteiger charge is 2.54. The van der Waals surface area contributed by atoms with Crippen LogP contribution in [0.4, 0.5) is 4.79 Å². The molecule has 1 aromatic heterocycles.